The number of rotatable bonds is 10. The van der Waals surface area contributed by atoms with Gasteiger partial charge in [0.25, 0.3) is 0 Å². The van der Waals surface area contributed by atoms with Crippen molar-refractivity contribution in [3.05, 3.63) is 41.5 Å². The molecular formula is C21H28O6Ti. The van der Waals surface area contributed by atoms with E-state index >= 15 is 0 Å². The number of hydrogen-bond donors (Lipinski definition) is 0. The van der Waals surface area contributed by atoms with E-state index in [0.29, 0.717) is 19.3 Å². The zero-order valence-electron chi connectivity index (χ0n) is 16.7. The Morgan fingerprint density at radius 1 is 0.821 bits per heavy atom. The first-order chi connectivity index (χ1) is 13.5. The Hall–Kier alpha value is -1.92. The third-order valence-corrected chi connectivity index (χ3v) is 8.69. The summed E-state index contributed by atoms with van der Waals surface area (Å²) in [6.45, 7) is 5.56. The topological polar surface area (TPSA) is 78.9 Å². The Labute approximate surface area is 171 Å². The number of benzene rings is 1. The van der Waals surface area contributed by atoms with Crippen LogP contribution in [0.5, 0.6) is 0 Å². The van der Waals surface area contributed by atoms with Gasteiger partial charge >= 0.3 is 171 Å². The van der Waals surface area contributed by atoms with Crippen LogP contribution in [0, 0.1) is 0 Å². The standard InChI is InChI=1S/C9H7.3C4H8O2.Ti/c1-2-5-9-7-3-6-8(9)4-1;3*1-2-3-4(5)6;/h1-7H;3*2-3H2,1H3,(H,5,6);/q;;;;+3/p-3. The van der Waals surface area contributed by atoms with Crippen LogP contribution in [-0.4, -0.2) is 17.9 Å². The number of fused-ring (bicyclic) bond motifs is 1. The molecule has 0 radical (unpaired) electrons. The summed E-state index contributed by atoms with van der Waals surface area (Å²) >= 11 is -4.72. The van der Waals surface area contributed by atoms with Gasteiger partial charge in [-0.3, -0.25) is 0 Å². The van der Waals surface area contributed by atoms with Gasteiger partial charge in [-0.2, -0.15) is 0 Å². The summed E-state index contributed by atoms with van der Waals surface area (Å²) in [6.07, 6.45) is 5.96. The Bertz CT molecular complexity index is 692. The fourth-order valence-electron chi connectivity index (χ4n) is 3.05. The predicted octanol–water partition coefficient (Wildman–Crippen LogP) is 4.68. The van der Waals surface area contributed by atoms with Crippen molar-refractivity contribution in [2.75, 3.05) is 0 Å². The molecular weight excluding hydrogens is 396 g/mol. The Morgan fingerprint density at radius 3 is 1.75 bits per heavy atom. The number of carbonyl (C=O) groups excluding carboxylic acids is 3. The van der Waals surface area contributed by atoms with Gasteiger partial charge < -0.3 is 0 Å². The van der Waals surface area contributed by atoms with Gasteiger partial charge in [-0.1, -0.05) is 0 Å². The fourth-order valence-corrected chi connectivity index (χ4v) is 7.33. The average molecular weight is 424 g/mol. The molecule has 0 aromatic heterocycles. The van der Waals surface area contributed by atoms with E-state index in [1.165, 1.54) is 0 Å². The molecule has 28 heavy (non-hydrogen) atoms. The molecule has 0 bridgehead atoms. The molecule has 1 atom stereocenters. The molecule has 0 heterocycles. The Kier molecular flexibility index (Phi) is 8.45. The minimum absolute atomic E-state index is 0.168. The van der Waals surface area contributed by atoms with Gasteiger partial charge in [-0.05, 0) is 0 Å². The summed E-state index contributed by atoms with van der Waals surface area (Å²) in [7, 11) is 0. The van der Waals surface area contributed by atoms with E-state index in [4.69, 9.17) is 9.96 Å². The molecule has 2 rings (SSSR count). The second kappa shape index (κ2) is 10.6. The first-order valence-electron chi connectivity index (χ1n) is 9.88. The predicted molar refractivity (Wildman–Crippen MR) is 101 cm³/mol. The molecule has 0 saturated heterocycles. The van der Waals surface area contributed by atoms with Gasteiger partial charge in [0.15, 0.2) is 0 Å². The Morgan fingerprint density at radius 2 is 1.29 bits per heavy atom. The molecule has 0 saturated carbocycles. The molecule has 7 heteroatoms. The van der Waals surface area contributed by atoms with Crippen molar-refractivity contribution in [2.24, 2.45) is 0 Å². The van der Waals surface area contributed by atoms with Crippen LogP contribution < -0.4 is 0 Å². The molecule has 1 aromatic carbocycles. The molecule has 0 aliphatic heterocycles. The quantitative estimate of drug-likeness (QED) is 0.508. The van der Waals surface area contributed by atoms with Gasteiger partial charge in [-0.25, -0.2) is 0 Å². The van der Waals surface area contributed by atoms with E-state index in [1.54, 1.807) is 0 Å². The van der Waals surface area contributed by atoms with E-state index in [9.17, 15) is 14.4 Å². The molecule has 1 aliphatic rings. The van der Waals surface area contributed by atoms with E-state index < -0.39 is 39.9 Å². The zero-order valence-corrected chi connectivity index (χ0v) is 18.3. The van der Waals surface area contributed by atoms with Gasteiger partial charge in [0.05, 0.1) is 0 Å². The molecule has 1 aromatic rings. The first-order valence-corrected chi connectivity index (χ1v) is 12.7. The molecule has 6 nitrogen and oxygen atoms in total. The molecule has 1 aliphatic carbocycles. The maximum absolute atomic E-state index is 12.4. The summed E-state index contributed by atoms with van der Waals surface area (Å²) in [5, 5.41) is 0. The second-order valence-electron chi connectivity index (χ2n) is 6.74. The summed E-state index contributed by atoms with van der Waals surface area (Å²) in [5.74, 6) is -1.52. The van der Waals surface area contributed by atoms with Crippen molar-refractivity contribution >= 4 is 24.0 Å². The zero-order chi connectivity index (χ0) is 20.6. The molecule has 1 unspecified atom stereocenters. The molecule has 0 fully saturated rings. The van der Waals surface area contributed by atoms with Crippen molar-refractivity contribution in [1.29, 1.82) is 0 Å². The number of allylic oxidation sites excluding steroid dienone is 1. The SMILES string of the molecule is CCCC(=O)[O][Ti]([O]C(=O)CCC)([O]C(=O)CCC)[CH]1C=Cc2ccccc21. The third-order valence-electron chi connectivity index (χ3n) is 4.31. The van der Waals surface area contributed by atoms with Crippen molar-refractivity contribution in [3.8, 4) is 0 Å². The summed E-state index contributed by atoms with van der Waals surface area (Å²) < 4.78 is 16.8. The van der Waals surface area contributed by atoms with Crippen LogP contribution >= 0.6 is 0 Å². The molecule has 0 amide bonds. The van der Waals surface area contributed by atoms with Crippen molar-refractivity contribution in [3.63, 3.8) is 0 Å². The van der Waals surface area contributed by atoms with Gasteiger partial charge in [0.2, 0.25) is 0 Å². The second-order valence-corrected chi connectivity index (χ2v) is 10.6. The number of hydrogen-bond acceptors (Lipinski definition) is 6. The van der Waals surface area contributed by atoms with Crippen LogP contribution in [0.1, 0.15) is 74.6 Å². The van der Waals surface area contributed by atoms with Crippen LogP contribution in [-0.2, 0) is 42.1 Å². The summed E-state index contributed by atoms with van der Waals surface area (Å²) in [6, 6.07) is 7.57. The molecule has 0 N–H and O–H groups in total. The first kappa shape index (κ1) is 22.4. The van der Waals surface area contributed by atoms with Crippen molar-refractivity contribution < 1.29 is 42.1 Å². The van der Waals surface area contributed by atoms with Gasteiger partial charge in [0, 0.05) is 0 Å². The van der Waals surface area contributed by atoms with E-state index in [0.717, 1.165) is 11.1 Å². The van der Waals surface area contributed by atoms with Crippen LogP contribution in [0.4, 0.5) is 0 Å². The van der Waals surface area contributed by atoms with Crippen LogP contribution in [0.2, 0.25) is 0 Å². The van der Waals surface area contributed by atoms with Crippen molar-refractivity contribution in [1.82, 2.24) is 0 Å². The number of carbonyl (C=O) groups is 3. The van der Waals surface area contributed by atoms with Crippen LogP contribution in [0.15, 0.2) is 30.3 Å². The summed E-state index contributed by atoms with van der Waals surface area (Å²) in [5.41, 5.74) is 1.78. The monoisotopic (exact) mass is 424 g/mol. The minimum atomic E-state index is -4.72. The normalized spacial score (nSPS) is 15.0. The third kappa shape index (κ3) is 5.55. The van der Waals surface area contributed by atoms with Gasteiger partial charge in [0.1, 0.15) is 0 Å². The van der Waals surface area contributed by atoms with Crippen LogP contribution in [0.25, 0.3) is 6.08 Å². The molecule has 0 spiro atoms. The summed E-state index contributed by atoms with van der Waals surface area (Å²) in [4.78, 5) is 37.3. The van der Waals surface area contributed by atoms with E-state index in [1.807, 2.05) is 57.2 Å². The van der Waals surface area contributed by atoms with Crippen molar-refractivity contribution in [2.45, 2.75) is 63.5 Å². The average Bonchev–Trinajstić information content (AvgIpc) is 3.06. The molecule has 152 valence electrons. The maximum atomic E-state index is 12.4. The van der Waals surface area contributed by atoms with E-state index in [2.05, 4.69) is 0 Å². The fraction of sp³-hybridized carbons (Fsp3) is 0.476. The van der Waals surface area contributed by atoms with E-state index in [-0.39, 0.29) is 19.3 Å². The Balaban J connectivity index is 2.48. The van der Waals surface area contributed by atoms with Gasteiger partial charge in [-0.15, -0.1) is 0 Å². The van der Waals surface area contributed by atoms with Crippen LogP contribution in [0.3, 0.4) is 0 Å².